The van der Waals surface area contributed by atoms with Crippen LogP contribution in [0.1, 0.15) is 51.2 Å². The van der Waals surface area contributed by atoms with Crippen molar-refractivity contribution < 1.29 is 5.11 Å². The molecular formula is C19H27NO. The molecule has 2 fully saturated rings. The normalized spacial score (nSPS) is 37.1. The predicted octanol–water partition coefficient (Wildman–Crippen LogP) is 3.71. The highest BCUT2D eigenvalue weighted by Gasteiger charge is 2.50. The first kappa shape index (κ1) is 13.6. The molecule has 1 aliphatic heterocycles. The van der Waals surface area contributed by atoms with Gasteiger partial charge in [0, 0.05) is 12.1 Å². The third-order valence-electron chi connectivity index (χ3n) is 6.86. The molecule has 0 amide bonds. The number of nitrogens with zero attached hydrogens (tertiary/aromatic N) is 1. The Morgan fingerprint density at radius 1 is 1.33 bits per heavy atom. The number of piperidine rings is 1. The molecule has 1 saturated heterocycles. The molecule has 3 aliphatic rings. The molecule has 2 aliphatic carbocycles. The Bertz CT molecular complexity index is 565. The number of rotatable bonds is 2. The van der Waals surface area contributed by atoms with E-state index in [0.29, 0.717) is 17.7 Å². The molecule has 1 unspecified atom stereocenters. The Kier molecular flexibility index (Phi) is 2.91. The van der Waals surface area contributed by atoms with E-state index in [1.807, 2.05) is 12.1 Å². The second-order valence-electron chi connectivity index (χ2n) is 7.88. The van der Waals surface area contributed by atoms with Crippen LogP contribution >= 0.6 is 0 Å². The number of hydrogen-bond acceptors (Lipinski definition) is 2. The average molecular weight is 285 g/mol. The maximum atomic E-state index is 9.90. The van der Waals surface area contributed by atoms with Crippen molar-refractivity contribution in [1.82, 2.24) is 4.90 Å². The van der Waals surface area contributed by atoms with Gasteiger partial charge in [0.25, 0.3) is 0 Å². The van der Waals surface area contributed by atoms with Crippen LogP contribution in [0.2, 0.25) is 0 Å². The Morgan fingerprint density at radius 2 is 2.10 bits per heavy atom. The van der Waals surface area contributed by atoms with Crippen LogP contribution < -0.4 is 0 Å². The monoisotopic (exact) mass is 285 g/mol. The van der Waals surface area contributed by atoms with Gasteiger partial charge in [0.15, 0.2) is 0 Å². The van der Waals surface area contributed by atoms with Crippen molar-refractivity contribution in [2.24, 2.45) is 11.8 Å². The lowest BCUT2D eigenvalue weighted by Gasteiger charge is -2.56. The molecule has 4 rings (SSSR count). The fraction of sp³-hybridized carbons (Fsp3) is 0.684. The van der Waals surface area contributed by atoms with Gasteiger partial charge < -0.3 is 5.11 Å². The zero-order chi connectivity index (χ0) is 14.8. The molecule has 0 spiro atoms. The summed E-state index contributed by atoms with van der Waals surface area (Å²) in [6, 6.07) is 7.48. The quantitative estimate of drug-likeness (QED) is 0.895. The lowest BCUT2D eigenvalue weighted by molar-refractivity contribution is 0.000427. The van der Waals surface area contributed by atoms with E-state index >= 15 is 0 Å². The van der Waals surface area contributed by atoms with Gasteiger partial charge in [0.2, 0.25) is 0 Å². The van der Waals surface area contributed by atoms with E-state index in [-0.39, 0.29) is 5.41 Å². The highest BCUT2D eigenvalue weighted by Crippen LogP contribution is 2.51. The van der Waals surface area contributed by atoms with E-state index in [2.05, 4.69) is 31.7 Å². The van der Waals surface area contributed by atoms with Gasteiger partial charge in [0.05, 0.1) is 0 Å². The van der Waals surface area contributed by atoms with Crippen molar-refractivity contribution in [3.05, 3.63) is 29.3 Å². The van der Waals surface area contributed by atoms with Crippen molar-refractivity contribution >= 4 is 0 Å². The lowest BCUT2D eigenvalue weighted by Crippen LogP contribution is -2.60. The summed E-state index contributed by atoms with van der Waals surface area (Å²) in [5.41, 5.74) is 3.10. The van der Waals surface area contributed by atoms with Gasteiger partial charge in [-0.2, -0.15) is 0 Å². The van der Waals surface area contributed by atoms with Crippen LogP contribution in [0.3, 0.4) is 0 Å². The first-order valence-corrected chi connectivity index (χ1v) is 8.59. The highest BCUT2D eigenvalue weighted by molar-refractivity contribution is 5.44. The summed E-state index contributed by atoms with van der Waals surface area (Å²) < 4.78 is 0. The van der Waals surface area contributed by atoms with Crippen molar-refractivity contribution in [2.45, 2.75) is 64.0 Å². The van der Waals surface area contributed by atoms with Crippen LogP contribution in [-0.4, -0.2) is 28.6 Å². The predicted molar refractivity (Wildman–Crippen MR) is 85.6 cm³/mol. The van der Waals surface area contributed by atoms with Crippen molar-refractivity contribution in [1.29, 1.82) is 0 Å². The Morgan fingerprint density at radius 3 is 2.81 bits per heavy atom. The topological polar surface area (TPSA) is 23.5 Å². The SMILES string of the molecule is C[C@H](C1CC1)N1CC[C@]2(C)c3cc(O)ccc3CC1[C@@H]2C. The van der Waals surface area contributed by atoms with Crippen molar-refractivity contribution in [2.75, 3.05) is 6.54 Å². The number of phenols is 1. The maximum Gasteiger partial charge on any atom is 0.115 e. The average Bonchev–Trinajstić information content (AvgIpc) is 3.28. The Hall–Kier alpha value is -1.02. The van der Waals surface area contributed by atoms with Gasteiger partial charge in [-0.25, -0.2) is 0 Å². The number of phenolic OH excluding ortho intramolecular Hbond substituents is 1. The molecule has 1 heterocycles. The van der Waals surface area contributed by atoms with E-state index in [1.165, 1.54) is 36.9 Å². The van der Waals surface area contributed by atoms with Crippen LogP contribution in [0.4, 0.5) is 0 Å². The summed E-state index contributed by atoms with van der Waals surface area (Å²) in [7, 11) is 0. The third kappa shape index (κ3) is 1.95. The number of aromatic hydroxyl groups is 1. The lowest BCUT2D eigenvalue weighted by atomic mass is 9.58. The maximum absolute atomic E-state index is 9.90. The first-order valence-electron chi connectivity index (χ1n) is 8.59. The van der Waals surface area contributed by atoms with E-state index < -0.39 is 0 Å². The summed E-state index contributed by atoms with van der Waals surface area (Å²) in [5.74, 6) is 2.04. The summed E-state index contributed by atoms with van der Waals surface area (Å²) in [6.07, 6.45) is 5.24. The third-order valence-corrected chi connectivity index (χ3v) is 6.86. The molecule has 1 saturated carbocycles. The van der Waals surface area contributed by atoms with Gasteiger partial charge in [-0.05, 0) is 79.7 Å². The molecule has 2 bridgehead atoms. The van der Waals surface area contributed by atoms with E-state index in [0.717, 1.165) is 18.4 Å². The molecule has 2 heteroatoms. The molecule has 21 heavy (non-hydrogen) atoms. The van der Waals surface area contributed by atoms with Crippen LogP contribution in [0.25, 0.3) is 0 Å². The van der Waals surface area contributed by atoms with Crippen LogP contribution in [0.5, 0.6) is 5.75 Å². The van der Waals surface area contributed by atoms with Crippen LogP contribution in [0.15, 0.2) is 18.2 Å². The molecule has 4 atom stereocenters. The number of hydrogen-bond donors (Lipinski definition) is 1. The summed E-state index contributed by atoms with van der Waals surface area (Å²) in [5, 5.41) is 9.90. The Balaban J connectivity index is 1.73. The van der Waals surface area contributed by atoms with E-state index in [1.54, 1.807) is 0 Å². The van der Waals surface area contributed by atoms with Gasteiger partial charge in [-0.15, -0.1) is 0 Å². The highest BCUT2D eigenvalue weighted by atomic mass is 16.3. The zero-order valence-electron chi connectivity index (χ0n) is 13.5. The fourth-order valence-corrected chi connectivity index (χ4v) is 5.00. The standard InChI is InChI=1S/C19H27NO/c1-12-18-10-15-6-7-16(21)11-17(15)19(12,3)8-9-20(18)13(2)14-4-5-14/h6-7,11-14,18,21H,4-5,8-10H2,1-3H3/t12-,13+,18?,19-/m0/s1. The van der Waals surface area contributed by atoms with E-state index in [9.17, 15) is 5.11 Å². The molecule has 1 N–H and O–H groups in total. The largest absolute Gasteiger partial charge is 0.508 e. The first-order chi connectivity index (χ1) is 10.0. The summed E-state index contributed by atoms with van der Waals surface area (Å²) in [4.78, 5) is 2.81. The summed E-state index contributed by atoms with van der Waals surface area (Å²) >= 11 is 0. The van der Waals surface area contributed by atoms with Crippen molar-refractivity contribution in [3.8, 4) is 5.75 Å². The van der Waals surface area contributed by atoms with E-state index in [4.69, 9.17) is 0 Å². The fourth-order valence-electron chi connectivity index (χ4n) is 5.00. The zero-order valence-corrected chi connectivity index (χ0v) is 13.5. The number of fused-ring (bicyclic) bond motifs is 4. The Labute approximate surface area is 128 Å². The van der Waals surface area contributed by atoms with Gasteiger partial charge in [-0.3, -0.25) is 4.90 Å². The summed E-state index contributed by atoms with van der Waals surface area (Å²) in [6.45, 7) is 8.52. The molecule has 2 nitrogen and oxygen atoms in total. The molecule has 1 aromatic rings. The number of benzene rings is 1. The molecule has 1 aromatic carbocycles. The van der Waals surface area contributed by atoms with Gasteiger partial charge in [0.1, 0.15) is 5.75 Å². The minimum Gasteiger partial charge on any atom is -0.508 e. The second-order valence-corrected chi connectivity index (χ2v) is 7.88. The van der Waals surface area contributed by atoms with Gasteiger partial charge in [-0.1, -0.05) is 19.9 Å². The molecular weight excluding hydrogens is 258 g/mol. The van der Waals surface area contributed by atoms with Crippen molar-refractivity contribution in [3.63, 3.8) is 0 Å². The molecule has 114 valence electrons. The number of likely N-dealkylation sites (tertiary alicyclic amines) is 1. The van der Waals surface area contributed by atoms with Crippen LogP contribution in [-0.2, 0) is 11.8 Å². The second kappa shape index (κ2) is 4.49. The molecule has 0 radical (unpaired) electrons. The van der Waals surface area contributed by atoms with Gasteiger partial charge >= 0.3 is 0 Å². The minimum atomic E-state index is 0.233. The smallest absolute Gasteiger partial charge is 0.115 e. The van der Waals surface area contributed by atoms with Crippen LogP contribution in [0, 0.1) is 11.8 Å². The molecule has 0 aromatic heterocycles. The minimum absolute atomic E-state index is 0.233.